The van der Waals surface area contributed by atoms with Crippen molar-refractivity contribution in [2.24, 2.45) is 0 Å². The highest BCUT2D eigenvalue weighted by Crippen LogP contribution is 2.36. The molecule has 80 valence electrons. The van der Waals surface area contributed by atoms with Crippen LogP contribution in [0.5, 0.6) is 11.5 Å². The van der Waals surface area contributed by atoms with Crippen molar-refractivity contribution in [3.8, 4) is 22.6 Å². The van der Waals surface area contributed by atoms with Crippen LogP contribution in [0.2, 0.25) is 5.02 Å². The van der Waals surface area contributed by atoms with E-state index in [4.69, 9.17) is 21.1 Å². The van der Waals surface area contributed by atoms with Crippen molar-refractivity contribution in [1.29, 1.82) is 0 Å². The molecule has 3 heteroatoms. The fourth-order valence-corrected chi connectivity index (χ4v) is 1.93. The Bertz CT molecular complexity index is 537. The number of hydrogen-bond acceptors (Lipinski definition) is 2. The molecule has 0 saturated carbocycles. The van der Waals surface area contributed by atoms with Gasteiger partial charge in [0.1, 0.15) is 0 Å². The van der Waals surface area contributed by atoms with E-state index in [1.54, 1.807) is 0 Å². The predicted octanol–water partition coefficient (Wildman–Crippen LogP) is 3.74. The van der Waals surface area contributed by atoms with Gasteiger partial charge in [0.15, 0.2) is 11.5 Å². The molecule has 2 nitrogen and oxygen atoms in total. The molecule has 0 radical (unpaired) electrons. The van der Waals surface area contributed by atoms with Crippen molar-refractivity contribution in [2.75, 3.05) is 6.79 Å². The lowest BCUT2D eigenvalue weighted by atomic mass is 10.1. The van der Waals surface area contributed by atoms with Crippen LogP contribution < -0.4 is 9.47 Å². The van der Waals surface area contributed by atoms with Crippen LogP contribution in [0.15, 0.2) is 42.5 Å². The Morgan fingerprint density at radius 3 is 2.56 bits per heavy atom. The molecule has 0 unspecified atom stereocenters. The lowest BCUT2D eigenvalue weighted by molar-refractivity contribution is 0.174. The van der Waals surface area contributed by atoms with Crippen molar-refractivity contribution in [3.05, 3.63) is 47.5 Å². The van der Waals surface area contributed by atoms with Crippen LogP contribution in [0.3, 0.4) is 0 Å². The summed E-state index contributed by atoms with van der Waals surface area (Å²) in [5.74, 6) is 1.59. The number of hydrogen-bond donors (Lipinski definition) is 0. The van der Waals surface area contributed by atoms with Gasteiger partial charge in [0.25, 0.3) is 0 Å². The maximum atomic E-state index is 5.96. The number of rotatable bonds is 1. The Morgan fingerprint density at radius 1 is 0.875 bits per heavy atom. The van der Waals surface area contributed by atoms with E-state index in [0.717, 1.165) is 27.6 Å². The van der Waals surface area contributed by atoms with Gasteiger partial charge in [-0.15, -0.1) is 0 Å². The summed E-state index contributed by atoms with van der Waals surface area (Å²) in [7, 11) is 0. The van der Waals surface area contributed by atoms with Crippen molar-refractivity contribution in [2.45, 2.75) is 0 Å². The third-order valence-electron chi connectivity index (χ3n) is 2.53. The van der Waals surface area contributed by atoms with Crippen molar-refractivity contribution in [1.82, 2.24) is 0 Å². The minimum Gasteiger partial charge on any atom is -0.454 e. The lowest BCUT2D eigenvalue weighted by Crippen LogP contribution is -1.92. The molecule has 0 aromatic heterocycles. The van der Waals surface area contributed by atoms with Crippen molar-refractivity contribution < 1.29 is 9.47 Å². The molecule has 0 fully saturated rings. The second kappa shape index (κ2) is 3.72. The van der Waals surface area contributed by atoms with E-state index in [0.29, 0.717) is 6.79 Å². The van der Waals surface area contributed by atoms with Gasteiger partial charge in [-0.25, -0.2) is 0 Å². The summed E-state index contributed by atoms with van der Waals surface area (Å²) in [5, 5.41) is 0.732. The topological polar surface area (TPSA) is 18.5 Å². The Hall–Kier alpha value is -1.67. The molecule has 1 aliphatic rings. The summed E-state index contributed by atoms with van der Waals surface area (Å²) < 4.78 is 10.6. The maximum Gasteiger partial charge on any atom is 0.231 e. The van der Waals surface area contributed by atoms with Gasteiger partial charge in [0.05, 0.1) is 0 Å². The molecular weight excluding hydrogens is 224 g/mol. The summed E-state index contributed by atoms with van der Waals surface area (Å²) in [6.45, 7) is 0.300. The standard InChI is InChI=1S/C13H9ClO2/c14-11-3-1-2-9(6-11)10-4-5-12-13(7-10)16-8-15-12/h1-7H,8H2. The van der Waals surface area contributed by atoms with E-state index >= 15 is 0 Å². The zero-order chi connectivity index (χ0) is 11.0. The Labute approximate surface area is 98.4 Å². The highest BCUT2D eigenvalue weighted by atomic mass is 35.5. The van der Waals surface area contributed by atoms with Gasteiger partial charge in [-0.3, -0.25) is 0 Å². The first kappa shape index (κ1) is 9.55. The smallest absolute Gasteiger partial charge is 0.231 e. The Morgan fingerprint density at radius 2 is 1.69 bits per heavy atom. The number of halogens is 1. The average molecular weight is 233 g/mol. The number of benzene rings is 2. The molecule has 0 spiro atoms. The molecule has 0 amide bonds. The third kappa shape index (κ3) is 1.61. The van der Waals surface area contributed by atoms with Crippen LogP contribution >= 0.6 is 11.6 Å². The second-order valence-electron chi connectivity index (χ2n) is 3.58. The van der Waals surface area contributed by atoms with Gasteiger partial charge in [-0.1, -0.05) is 29.8 Å². The summed E-state index contributed by atoms with van der Waals surface area (Å²) in [4.78, 5) is 0. The average Bonchev–Trinajstić information content (AvgIpc) is 2.75. The Kier molecular flexibility index (Phi) is 2.22. The van der Waals surface area contributed by atoms with Crippen LogP contribution in [0.25, 0.3) is 11.1 Å². The first-order chi connectivity index (χ1) is 7.83. The molecule has 0 aliphatic carbocycles. The summed E-state index contributed by atoms with van der Waals surface area (Å²) in [6.07, 6.45) is 0. The van der Waals surface area contributed by atoms with E-state index in [-0.39, 0.29) is 0 Å². The van der Waals surface area contributed by atoms with Gasteiger partial charge in [0.2, 0.25) is 6.79 Å². The normalized spacial score (nSPS) is 12.8. The molecule has 1 heterocycles. The SMILES string of the molecule is Clc1cccc(-c2ccc3c(c2)OCO3)c1. The van der Waals surface area contributed by atoms with E-state index in [1.807, 2.05) is 42.5 Å². The molecule has 2 aromatic carbocycles. The van der Waals surface area contributed by atoms with E-state index < -0.39 is 0 Å². The second-order valence-corrected chi connectivity index (χ2v) is 4.01. The fourth-order valence-electron chi connectivity index (χ4n) is 1.74. The van der Waals surface area contributed by atoms with Gasteiger partial charge in [-0.2, -0.15) is 0 Å². The van der Waals surface area contributed by atoms with E-state index in [9.17, 15) is 0 Å². The van der Waals surface area contributed by atoms with Gasteiger partial charge >= 0.3 is 0 Å². The van der Waals surface area contributed by atoms with Crippen LogP contribution in [-0.4, -0.2) is 6.79 Å². The quantitative estimate of drug-likeness (QED) is 0.746. The minimum absolute atomic E-state index is 0.300. The lowest BCUT2D eigenvalue weighted by Gasteiger charge is -2.03. The van der Waals surface area contributed by atoms with Gasteiger partial charge in [-0.05, 0) is 35.4 Å². The molecule has 0 bridgehead atoms. The van der Waals surface area contributed by atoms with E-state index in [1.165, 1.54) is 0 Å². The largest absolute Gasteiger partial charge is 0.454 e. The first-order valence-electron chi connectivity index (χ1n) is 4.98. The summed E-state index contributed by atoms with van der Waals surface area (Å²) in [6, 6.07) is 13.6. The Balaban J connectivity index is 2.07. The van der Waals surface area contributed by atoms with Crippen molar-refractivity contribution in [3.63, 3.8) is 0 Å². The highest BCUT2D eigenvalue weighted by molar-refractivity contribution is 6.30. The van der Waals surface area contributed by atoms with Gasteiger partial charge < -0.3 is 9.47 Å². The predicted molar refractivity (Wildman–Crippen MR) is 63.0 cm³/mol. The van der Waals surface area contributed by atoms with Crippen LogP contribution in [0.4, 0.5) is 0 Å². The van der Waals surface area contributed by atoms with Crippen molar-refractivity contribution >= 4 is 11.6 Å². The summed E-state index contributed by atoms with van der Waals surface area (Å²) >= 11 is 5.96. The molecular formula is C13H9ClO2. The third-order valence-corrected chi connectivity index (χ3v) is 2.77. The minimum atomic E-state index is 0.300. The zero-order valence-corrected chi connectivity index (χ0v) is 9.20. The molecule has 3 rings (SSSR count). The molecule has 0 saturated heterocycles. The van der Waals surface area contributed by atoms with Crippen LogP contribution in [0.1, 0.15) is 0 Å². The van der Waals surface area contributed by atoms with Crippen LogP contribution in [-0.2, 0) is 0 Å². The highest BCUT2D eigenvalue weighted by Gasteiger charge is 2.13. The van der Waals surface area contributed by atoms with Gasteiger partial charge in [0, 0.05) is 5.02 Å². The number of ether oxygens (including phenoxy) is 2. The molecule has 16 heavy (non-hydrogen) atoms. The molecule has 2 aromatic rings. The zero-order valence-electron chi connectivity index (χ0n) is 8.44. The summed E-state index contributed by atoms with van der Waals surface area (Å²) in [5.41, 5.74) is 2.15. The maximum absolute atomic E-state index is 5.96. The molecule has 0 N–H and O–H groups in total. The fraction of sp³-hybridized carbons (Fsp3) is 0.0769. The van der Waals surface area contributed by atoms with Crippen LogP contribution in [0, 0.1) is 0 Å². The first-order valence-corrected chi connectivity index (χ1v) is 5.36. The van der Waals surface area contributed by atoms with E-state index in [2.05, 4.69) is 0 Å². The monoisotopic (exact) mass is 232 g/mol. The molecule has 1 aliphatic heterocycles. The number of fused-ring (bicyclic) bond motifs is 1. The molecule has 0 atom stereocenters.